The smallest absolute Gasteiger partial charge is 0.326 e. The number of carbonyl (C=O) groups excluding carboxylic acids is 1. The number of carboxylic acids is 1. The van der Waals surface area contributed by atoms with E-state index in [0.717, 1.165) is 4.90 Å². The molecule has 0 spiro atoms. The number of nitrogens with zero attached hydrogens (tertiary/aromatic N) is 1. The number of benzene rings is 1. The molecule has 0 radical (unpaired) electrons. The monoisotopic (exact) mass is 346 g/mol. The van der Waals surface area contributed by atoms with Crippen LogP contribution in [-0.4, -0.2) is 45.8 Å². The fraction of sp³-hybridized carbons (Fsp3) is 0.333. The average Bonchev–Trinajstić information content (AvgIpc) is 2.75. The van der Waals surface area contributed by atoms with Crippen molar-refractivity contribution in [3.63, 3.8) is 0 Å². The summed E-state index contributed by atoms with van der Waals surface area (Å²) in [5.41, 5.74) is 0.321. The van der Waals surface area contributed by atoms with Crippen molar-refractivity contribution in [2.45, 2.75) is 18.6 Å². The number of aliphatic hydroxyl groups is 1. The molecular formula is C12H12BrFN2O4. The maximum absolute atomic E-state index is 12.9. The molecule has 0 saturated carbocycles. The molecule has 1 aromatic rings. The number of hydrogen-bond acceptors (Lipinski definition) is 3. The molecule has 0 bridgehead atoms. The largest absolute Gasteiger partial charge is 0.480 e. The highest BCUT2D eigenvalue weighted by Gasteiger charge is 2.39. The van der Waals surface area contributed by atoms with Gasteiger partial charge in [0.2, 0.25) is 0 Å². The van der Waals surface area contributed by atoms with Gasteiger partial charge in [0, 0.05) is 17.4 Å². The number of amides is 2. The minimum Gasteiger partial charge on any atom is -0.480 e. The number of rotatable bonds is 2. The lowest BCUT2D eigenvalue weighted by Crippen LogP contribution is -2.43. The van der Waals surface area contributed by atoms with Gasteiger partial charge >= 0.3 is 12.0 Å². The molecule has 1 fully saturated rings. The molecule has 8 heteroatoms. The van der Waals surface area contributed by atoms with Crippen molar-refractivity contribution in [2.75, 3.05) is 11.9 Å². The van der Waals surface area contributed by atoms with E-state index in [1.165, 1.54) is 18.2 Å². The molecule has 0 unspecified atom stereocenters. The second kappa shape index (κ2) is 5.76. The number of carboxylic acid groups (broad SMARTS) is 1. The van der Waals surface area contributed by atoms with Crippen LogP contribution in [-0.2, 0) is 4.79 Å². The number of halogens is 2. The first kappa shape index (κ1) is 14.7. The molecular weight excluding hydrogens is 335 g/mol. The summed E-state index contributed by atoms with van der Waals surface area (Å²) in [6.45, 7) is -0.0540. The van der Waals surface area contributed by atoms with Crippen LogP contribution in [0, 0.1) is 5.82 Å². The minimum atomic E-state index is -1.17. The molecule has 1 aliphatic rings. The van der Waals surface area contributed by atoms with E-state index in [9.17, 15) is 19.1 Å². The Balaban J connectivity index is 2.13. The molecule has 0 aliphatic carbocycles. The lowest BCUT2D eigenvalue weighted by molar-refractivity contribution is -0.141. The number of hydrogen-bond donors (Lipinski definition) is 3. The first-order valence-electron chi connectivity index (χ1n) is 5.82. The van der Waals surface area contributed by atoms with Crippen LogP contribution in [0.15, 0.2) is 22.7 Å². The third kappa shape index (κ3) is 3.07. The van der Waals surface area contributed by atoms with Gasteiger partial charge in [-0.25, -0.2) is 14.0 Å². The van der Waals surface area contributed by atoms with Crippen LogP contribution < -0.4 is 5.32 Å². The molecule has 2 atom stereocenters. The molecule has 1 aliphatic heterocycles. The van der Waals surface area contributed by atoms with E-state index in [1.807, 2.05) is 0 Å². The van der Waals surface area contributed by atoms with Crippen LogP contribution >= 0.6 is 15.9 Å². The topological polar surface area (TPSA) is 89.9 Å². The summed E-state index contributed by atoms with van der Waals surface area (Å²) in [5.74, 6) is -1.63. The minimum absolute atomic E-state index is 0.00661. The third-order valence-electron chi connectivity index (χ3n) is 3.00. The normalized spacial score (nSPS) is 21.9. The molecule has 1 aromatic carbocycles. The fourth-order valence-corrected chi connectivity index (χ4v) is 2.50. The molecule has 2 rings (SSSR count). The first-order valence-corrected chi connectivity index (χ1v) is 6.61. The number of likely N-dealkylation sites (tertiary alicyclic amines) is 1. The van der Waals surface area contributed by atoms with Crippen molar-refractivity contribution in [3.8, 4) is 0 Å². The Morgan fingerprint density at radius 1 is 1.45 bits per heavy atom. The van der Waals surface area contributed by atoms with Crippen molar-refractivity contribution in [3.05, 3.63) is 28.5 Å². The molecule has 108 valence electrons. The summed E-state index contributed by atoms with van der Waals surface area (Å²) < 4.78 is 13.3. The molecule has 1 saturated heterocycles. The van der Waals surface area contributed by atoms with Crippen LogP contribution in [0.1, 0.15) is 6.42 Å². The number of carbonyl (C=O) groups is 2. The standard InChI is InChI=1S/C12H12BrFN2O4/c13-8-3-6(14)1-2-9(8)15-12(20)16-5-7(17)4-10(16)11(18)19/h1-3,7,10,17H,4-5H2,(H,15,20)(H,18,19)/t7-,10+/m1/s1. The first-order chi connectivity index (χ1) is 9.38. The Kier molecular flexibility index (Phi) is 4.24. The van der Waals surface area contributed by atoms with E-state index >= 15 is 0 Å². The van der Waals surface area contributed by atoms with Gasteiger partial charge in [-0.3, -0.25) is 0 Å². The molecule has 3 N–H and O–H groups in total. The SMILES string of the molecule is O=C(O)[C@@H]1C[C@@H](O)CN1C(=O)Nc1ccc(F)cc1Br. The van der Waals surface area contributed by atoms with Crippen LogP contribution in [0.5, 0.6) is 0 Å². The van der Waals surface area contributed by atoms with Gasteiger partial charge in [0.1, 0.15) is 11.9 Å². The highest BCUT2D eigenvalue weighted by molar-refractivity contribution is 9.10. The number of β-amino-alcohol motifs (C(OH)–C–C–N with tert-alkyl or cyclic N) is 1. The summed E-state index contributed by atoms with van der Waals surface area (Å²) in [6, 6.07) is 2.00. The molecule has 20 heavy (non-hydrogen) atoms. The van der Waals surface area contributed by atoms with Gasteiger partial charge in [0.25, 0.3) is 0 Å². The van der Waals surface area contributed by atoms with Crippen molar-refractivity contribution in [1.82, 2.24) is 4.90 Å². The number of aliphatic hydroxyl groups excluding tert-OH is 1. The summed E-state index contributed by atoms with van der Waals surface area (Å²) in [5, 5.41) is 21.0. The Morgan fingerprint density at radius 2 is 2.15 bits per heavy atom. The van der Waals surface area contributed by atoms with Gasteiger partial charge in [-0.1, -0.05) is 0 Å². The zero-order valence-electron chi connectivity index (χ0n) is 10.2. The summed E-state index contributed by atoms with van der Waals surface area (Å²) in [6.07, 6.45) is -0.869. The predicted molar refractivity (Wildman–Crippen MR) is 71.9 cm³/mol. The highest BCUT2D eigenvalue weighted by Crippen LogP contribution is 2.25. The van der Waals surface area contributed by atoms with Crippen molar-refractivity contribution >= 4 is 33.6 Å². The van der Waals surface area contributed by atoms with Crippen LogP contribution in [0.2, 0.25) is 0 Å². The Labute approximate surface area is 122 Å². The van der Waals surface area contributed by atoms with E-state index < -0.39 is 30.0 Å². The van der Waals surface area contributed by atoms with E-state index in [-0.39, 0.29) is 13.0 Å². The molecule has 6 nitrogen and oxygen atoms in total. The number of urea groups is 1. The summed E-state index contributed by atoms with van der Waals surface area (Å²) in [4.78, 5) is 24.1. The van der Waals surface area contributed by atoms with Crippen LogP contribution in [0.4, 0.5) is 14.9 Å². The fourth-order valence-electron chi connectivity index (χ4n) is 2.05. The molecule has 2 amide bonds. The summed E-state index contributed by atoms with van der Waals surface area (Å²) in [7, 11) is 0. The maximum Gasteiger partial charge on any atom is 0.326 e. The lowest BCUT2D eigenvalue weighted by atomic mass is 10.2. The second-order valence-electron chi connectivity index (χ2n) is 4.45. The van der Waals surface area contributed by atoms with Gasteiger partial charge in [0.05, 0.1) is 11.8 Å². The zero-order valence-corrected chi connectivity index (χ0v) is 11.8. The van der Waals surface area contributed by atoms with Gasteiger partial charge in [0.15, 0.2) is 0 Å². The van der Waals surface area contributed by atoms with Crippen LogP contribution in [0.25, 0.3) is 0 Å². The quantitative estimate of drug-likeness (QED) is 0.759. The second-order valence-corrected chi connectivity index (χ2v) is 5.30. The van der Waals surface area contributed by atoms with Crippen LogP contribution in [0.3, 0.4) is 0 Å². The van der Waals surface area contributed by atoms with Crippen molar-refractivity contribution < 1.29 is 24.2 Å². The zero-order chi connectivity index (χ0) is 14.9. The third-order valence-corrected chi connectivity index (χ3v) is 3.65. The lowest BCUT2D eigenvalue weighted by Gasteiger charge is -2.21. The van der Waals surface area contributed by atoms with Gasteiger partial charge in [-0.05, 0) is 34.1 Å². The Bertz CT molecular complexity index is 554. The Hall–Kier alpha value is -1.67. The number of nitrogens with one attached hydrogen (secondary N) is 1. The average molecular weight is 347 g/mol. The molecule has 1 heterocycles. The molecule has 0 aromatic heterocycles. The van der Waals surface area contributed by atoms with Gasteiger partial charge in [-0.2, -0.15) is 0 Å². The van der Waals surface area contributed by atoms with Gasteiger partial charge < -0.3 is 20.4 Å². The number of anilines is 1. The number of aliphatic carboxylic acids is 1. The highest BCUT2D eigenvalue weighted by atomic mass is 79.9. The van der Waals surface area contributed by atoms with E-state index in [0.29, 0.717) is 10.2 Å². The predicted octanol–water partition coefficient (Wildman–Crippen LogP) is 1.64. The maximum atomic E-state index is 12.9. The van der Waals surface area contributed by atoms with Crippen molar-refractivity contribution in [2.24, 2.45) is 0 Å². The van der Waals surface area contributed by atoms with Crippen molar-refractivity contribution in [1.29, 1.82) is 0 Å². The Morgan fingerprint density at radius 3 is 2.75 bits per heavy atom. The summed E-state index contributed by atoms with van der Waals surface area (Å²) >= 11 is 3.10. The van der Waals surface area contributed by atoms with Gasteiger partial charge in [-0.15, -0.1) is 0 Å². The van der Waals surface area contributed by atoms with E-state index in [2.05, 4.69) is 21.2 Å². The van der Waals surface area contributed by atoms with E-state index in [1.54, 1.807) is 0 Å². The van der Waals surface area contributed by atoms with E-state index in [4.69, 9.17) is 5.11 Å².